The molecule has 1 heterocycles. The summed E-state index contributed by atoms with van der Waals surface area (Å²) in [7, 11) is 2.96. The number of hydrogen-bond donors (Lipinski definition) is 2. The minimum atomic E-state index is -0.997. The van der Waals surface area contributed by atoms with E-state index in [9.17, 15) is 19.5 Å². The fraction of sp³-hybridized carbons (Fsp3) is 0.261. The second-order valence-electron chi connectivity index (χ2n) is 6.97. The van der Waals surface area contributed by atoms with Crippen molar-refractivity contribution in [3.8, 4) is 11.5 Å². The number of rotatable bonds is 8. The summed E-state index contributed by atoms with van der Waals surface area (Å²) in [5, 5.41) is 19.9. The van der Waals surface area contributed by atoms with Crippen molar-refractivity contribution in [2.24, 2.45) is 0 Å². The first-order chi connectivity index (χ1) is 14.9. The molecular formula is C23H23NO7. The third-order valence-electron chi connectivity index (χ3n) is 5.10. The number of ketones is 1. The Morgan fingerprint density at radius 3 is 2.29 bits per heavy atom. The van der Waals surface area contributed by atoms with Crippen molar-refractivity contribution in [1.29, 1.82) is 0 Å². The van der Waals surface area contributed by atoms with Crippen LogP contribution in [0.2, 0.25) is 0 Å². The molecule has 162 valence electrons. The maximum atomic E-state index is 12.9. The highest BCUT2D eigenvalue weighted by Gasteiger charge is 2.46. The number of carbonyl (C=O) groups excluding carboxylic acids is 2. The summed E-state index contributed by atoms with van der Waals surface area (Å²) in [5.41, 5.74) is 0.875. The van der Waals surface area contributed by atoms with Crippen molar-refractivity contribution < 1.29 is 34.1 Å². The third kappa shape index (κ3) is 4.37. The molecule has 0 saturated carbocycles. The third-order valence-corrected chi connectivity index (χ3v) is 5.10. The van der Waals surface area contributed by atoms with E-state index in [4.69, 9.17) is 14.6 Å². The molecule has 31 heavy (non-hydrogen) atoms. The zero-order valence-corrected chi connectivity index (χ0v) is 17.2. The van der Waals surface area contributed by atoms with Crippen LogP contribution in [0.4, 0.5) is 0 Å². The van der Waals surface area contributed by atoms with E-state index in [1.807, 2.05) is 0 Å². The summed E-state index contributed by atoms with van der Waals surface area (Å²) in [5.74, 6) is -2.03. The van der Waals surface area contributed by atoms with Crippen molar-refractivity contribution in [1.82, 2.24) is 4.90 Å². The lowest BCUT2D eigenvalue weighted by atomic mass is 9.95. The van der Waals surface area contributed by atoms with Crippen molar-refractivity contribution in [2.45, 2.75) is 18.9 Å². The van der Waals surface area contributed by atoms with Crippen LogP contribution >= 0.6 is 0 Å². The van der Waals surface area contributed by atoms with Crippen LogP contribution in [-0.4, -0.2) is 53.5 Å². The van der Waals surface area contributed by atoms with Crippen LogP contribution in [0.5, 0.6) is 11.5 Å². The number of carbonyl (C=O) groups is 3. The van der Waals surface area contributed by atoms with Crippen molar-refractivity contribution in [3.63, 3.8) is 0 Å². The fourth-order valence-electron chi connectivity index (χ4n) is 3.63. The largest absolute Gasteiger partial charge is 0.507 e. The van der Waals surface area contributed by atoms with E-state index in [-0.39, 0.29) is 30.7 Å². The van der Waals surface area contributed by atoms with E-state index in [1.165, 1.54) is 19.1 Å². The number of ether oxygens (including phenoxy) is 2. The van der Waals surface area contributed by atoms with E-state index < -0.39 is 23.7 Å². The monoisotopic (exact) mass is 425 g/mol. The zero-order valence-electron chi connectivity index (χ0n) is 17.2. The molecule has 8 nitrogen and oxygen atoms in total. The van der Waals surface area contributed by atoms with Crippen molar-refractivity contribution in [2.75, 3.05) is 20.8 Å². The first-order valence-corrected chi connectivity index (χ1v) is 9.66. The van der Waals surface area contributed by atoms with Gasteiger partial charge in [0.05, 0.1) is 25.8 Å². The molecule has 3 rings (SSSR count). The molecule has 0 bridgehead atoms. The van der Waals surface area contributed by atoms with Crippen LogP contribution in [-0.2, 0) is 14.4 Å². The zero-order chi connectivity index (χ0) is 22.5. The molecule has 0 aromatic heterocycles. The molecule has 1 aliphatic heterocycles. The van der Waals surface area contributed by atoms with E-state index in [0.717, 1.165) is 0 Å². The summed E-state index contributed by atoms with van der Waals surface area (Å²) in [6.45, 7) is 0.0431. The highest BCUT2D eigenvalue weighted by molar-refractivity contribution is 6.46. The van der Waals surface area contributed by atoms with Crippen LogP contribution in [0.25, 0.3) is 5.76 Å². The molecule has 0 spiro atoms. The Balaban J connectivity index is 2.14. The normalized spacial score (nSPS) is 17.6. The van der Waals surface area contributed by atoms with Gasteiger partial charge in [-0.1, -0.05) is 36.4 Å². The molecule has 0 radical (unpaired) electrons. The summed E-state index contributed by atoms with van der Waals surface area (Å²) < 4.78 is 10.6. The Labute approximate surface area is 179 Å². The van der Waals surface area contributed by atoms with Gasteiger partial charge in [0.15, 0.2) is 11.5 Å². The first-order valence-electron chi connectivity index (χ1n) is 9.66. The molecule has 1 aliphatic rings. The predicted octanol–water partition coefficient (Wildman–Crippen LogP) is 2.99. The van der Waals surface area contributed by atoms with Crippen LogP contribution in [0.3, 0.4) is 0 Å². The van der Waals surface area contributed by atoms with Gasteiger partial charge in [-0.3, -0.25) is 14.4 Å². The number of methoxy groups -OCH3 is 2. The quantitative estimate of drug-likeness (QED) is 0.380. The van der Waals surface area contributed by atoms with E-state index in [0.29, 0.717) is 22.6 Å². The van der Waals surface area contributed by atoms with Gasteiger partial charge in [0.2, 0.25) is 0 Å². The van der Waals surface area contributed by atoms with Gasteiger partial charge in [-0.2, -0.15) is 0 Å². The molecular weight excluding hydrogens is 402 g/mol. The summed E-state index contributed by atoms with van der Waals surface area (Å²) in [6, 6.07) is 12.5. The lowest BCUT2D eigenvalue weighted by molar-refractivity contribution is -0.140. The highest BCUT2D eigenvalue weighted by Crippen LogP contribution is 2.42. The maximum Gasteiger partial charge on any atom is 0.303 e. The molecule has 2 aromatic rings. The topological polar surface area (TPSA) is 113 Å². The van der Waals surface area contributed by atoms with Gasteiger partial charge in [0.25, 0.3) is 11.7 Å². The molecule has 8 heteroatoms. The van der Waals surface area contributed by atoms with Crippen LogP contribution in [0.15, 0.2) is 54.1 Å². The van der Waals surface area contributed by atoms with Crippen molar-refractivity contribution in [3.05, 3.63) is 65.2 Å². The Kier molecular flexibility index (Phi) is 6.59. The number of amides is 1. The molecule has 2 aromatic carbocycles. The molecule has 1 atom stereocenters. The van der Waals surface area contributed by atoms with Crippen LogP contribution < -0.4 is 9.47 Å². The number of nitrogens with zero attached hydrogens (tertiary/aromatic N) is 1. The van der Waals surface area contributed by atoms with E-state index >= 15 is 0 Å². The average molecular weight is 425 g/mol. The second kappa shape index (κ2) is 9.34. The molecule has 0 aliphatic carbocycles. The number of aliphatic hydroxyl groups is 1. The number of carboxylic acid groups (broad SMARTS) is 1. The molecule has 1 unspecified atom stereocenters. The molecule has 1 amide bonds. The first kappa shape index (κ1) is 21.9. The number of aliphatic hydroxyl groups excluding tert-OH is 1. The number of Topliss-reactive ketones (excluding diaryl/α,β-unsaturated/α-hetero) is 1. The summed E-state index contributed by atoms with van der Waals surface area (Å²) in [4.78, 5) is 37.9. The number of aliphatic carboxylic acids is 1. The number of hydrogen-bond acceptors (Lipinski definition) is 6. The van der Waals surface area contributed by atoms with Gasteiger partial charge in [-0.05, 0) is 24.1 Å². The Morgan fingerprint density at radius 1 is 1.00 bits per heavy atom. The minimum Gasteiger partial charge on any atom is -0.507 e. The van der Waals surface area contributed by atoms with Crippen LogP contribution in [0, 0.1) is 0 Å². The minimum absolute atomic E-state index is 0.0431. The lowest BCUT2D eigenvalue weighted by Gasteiger charge is -2.25. The summed E-state index contributed by atoms with van der Waals surface area (Å²) in [6.07, 6.45) is 0.0118. The van der Waals surface area contributed by atoms with Gasteiger partial charge in [0.1, 0.15) is 5.76 Å². The van der Waals surface area contributed by atoms with Crippen LogP contribution in [0.1, 0.15) is 30.0 Å². The van der Waals surface area contributed by atoms with Crippen molar-refractivity contribution >= 4 is 23.4 Å². The fourth-order valence-corrected chi connectivity index (χ4v) is 3.63. The number of carboxylic acids is 1. The number of benzene rings is 2. The van der Waals surface area contributed by atoms with Gasteiger partial charge >= 0.3 is 5.97 Å². The molecule has 2 N–H and O–H groups in total. The van der Waals surface area contributed by atoms with E-state index in [2.05, 4.69) is 0 Å². The number of likely N-dealkylation sites (tertiary alicyclic amines) is 1. The maximum absolute atomic E-state index is 12.9. The molecule has 1 fully saturated rings. The predicted molar refractivity (Wildman–Crippen MR) is 112 cm³/mol. The molecule has 1 saturated heterocycles. The lowest BCUT2D eigenvalue weighted by Crippen LogP contribution is -2.31. The Bertz CT molecular complexity index is 1030. The van der Waals surface area contributed by atoms with Gasteiger partial charge in [0, 0.05) is 18.5 Å². The van der Waals surface area contributed by atoms with Gasteiger partial charge < -0.3 is 24.6 Å². The standard InChI is InChI=1S/C23H23NO7/c1-30-16-11-10-15(13-17(16)31-2)20-19(21(27)14-7-4-3-5-8-14)22(28)23(29)24(20)12-6-9-18(25)26/h3-5,7-8,10-11,13,20,27H,6,9,12H2,1-2H3,(H,25,26)/b21-19+. The average Bonchev–Trinajstić information content (AvgIpc) is 3.03. The smallest absolute Gasteiger partial charge is 0.303 e. The Morgan fingerprint density at radius 2 is 1.68 bits per heavy atom. The van der Waals surface area contributed by atoms with Gasteiger partial charge in [-0.15, -0.1) is 0 Å². The SMILES string of the molecule is COc1ccc(C2/C(=C(\O)c3ccccc3)C(=O)C(=O)N2CCCC(=O)O)cc1OC. The second-order valence-corrected chi connectivity index (χ2v) is 6.97. The highest BCUT2D eigenvalue weighted by atomic mass is 16.5. The van der Waals surface area contributed by atoms with Gasteiger partial charge in [-0.25, -0.2) is 0 Å². The van der Waals surface area contributed by atoms with E-state index in [1.54, 1.807) is 48.5 Å². The Hall–Kier alpha value is -3.81. The summed E-state index contributed by atoms with van der Waals surface area (Å²) >= 11 is 0.